The molecular formula is C19H24N2O. The first-order chi connectivity index (χ1) is 10.8. The molecule has 0 spiro atoms. The second-order valence-electron chi connectivity index (χ2n) is 6.01. The number of carbonyl (C=O) groups is 1. The Morgan fingerprint density at radius 3 is 2.64 bits per heavy atom. The van der Waals surface area contributed by atoms with Gasteiger partial charge in [0.05, 0.1) is 0 Å². The molecule has 3 rings (SSSR count). The molecule has 2 aromatic rings. The number of hydrogen-bond acceptors (Lipinski definition) is 2. The van der Waals surface area contributed by atoms with Gasteiger partial charge in [-0.2, -0.15) is 0 Å². The van der Waals surface area contributed by atoms with Gasteiger partial charge in [-0.25, -0.2) is 0 Å². The van der Waals surface area contributed by atoms with Gasteiger partial charge in [-0.15, -0.1) is 0 Å². The Morgan fingerprint density at radius 1 is 1.14 bits per heavy atom. The molecule has 1 heterocycles. The van der Waals surface area contributed by atoms with Gasteiger partial charge in [0.1, 0.15) is 0 Å². The van der Waals surface area contributed by atoms with Crippen molar-refractivity contribution >= 4 is 16.7 Å². The zero-order chi connectivity index (χ0) is 15.4. The van der Waals surface area contributed by atoms with Gasteiger partial charge in [0.25, 0.3) is 5.91 Å². The number of hydrogen-bond donors (Lipinski definition) is 1. The van der Waals surface area contributed by atoms with Gasteiger partial charge < -0.3 is 10.2 Å². The van der Waals surface area contributed by atoms with E-state index in [0.717, 1.165) is 55.2 Å². The third-order valence-electron chi connectivity index (χ3n) is 4.49. The van der Waals surface area contributed by atoms with E-state index in [9.17, 15) is 4.79 Å². The molecule has 1 amide bonds. The van der Waals surface area contributed by atoms with Crippen molar-refractivity contribution in [1.29, 1.82) is 0 Å². The molecule has 1 aliphatic rings. The van der Waals surface area contributed by atoms with Crippen LogP contribution in [0.3, 0.4) is 0 Å². The second kappa shape index (κ2) is 6.93. The summed E-state index contributed by atoms with van der Waals surface area (Å²) in [6.07, 6.45) is 3.10. The molecule has 0 atom stereocenters. The van der Waals surface area contributed by atoms with Gasteiger partial charge in [0, 0.05) is 18.2 Å². The first kappa shape index (κ1) is 15.0. The van der Waals surface area contributed by atoms with Gasteiger partial charge in [-0.05, 0) is 49.2 Å². The van der Waals surface area contributed by atoms with Gasteiger partial charge in [-0.1, -0.05) is 43.3 Å². The van der Waals surface area contributed by atoms with Crippen molar-refractivity contribution in [2.75, 3.05) is 19.6 Å². The maximum absolute atomic E-state index is 13.2. The molecule has 0 aromatic heterocycles. The summed E-state index contributed by atoms with van der Waals surface area (Å²) in [5, 5.41) is 5.58. The van der Waals surface area contributed by atoms with Crippen LogP contribution in [0.4, 0.5) is 0 Å². The Labute approximate surface area is 132 Å². The molecule has 0 bridgehead atoms. The Morgan fingerprint density at radius 2 is 1.86 bits per heavy atom. The molecular weight excluding hydrogens is 272 g/mol. The van der Waals surface area contributed by atoms with E-state index in [1.807, 2.05) is 24.3 Å². The number of piperidine rings is 1. The minimum Gasteiger partial charge on any atom is -0.336 e. The molecule has 2 aromatic carbocycles. The van der Waals surface area contributed by atoms with Crippen LogP contribution >= 0.6 is 0 Å². The van der Waals surface area contributed by atoms with E-state index in [0.29, 0.717) is 6.04 Å². The predicted molar refractivity (Wildman–Crippen MR) is 91.2 cm³/mol. The van der Waals surface area contributed by atoms with E-state index < -0.39 is 0 Å². The van der Waals surface area contributed by atoms with Crippen LogP contribution in [0.5, 0.6) is 0 Å². The molecule has 0 radical (unpaired) electrons. The van der Waals surface area contributed by atoms with E-state index in [1.165, 1.54) is 0 Å². The summed E-state index contributed by atoms with van der Waals surface area (Å²) in [6, 6.07) is 14.5. The molecule has 3 heteroatoms. The highest BCUT2D eigenvalue weighted by Crippen LogP contribution is 2.23. The van der Waals surface area contributed by atoms with Crippen molar-refractivity contribution in [2.24, 2.45) is 0 Å². The van der Waals surface area contributed by atoms with Crippen molar-refractivity contribution in [1.82, 2.24) is 10.2 Å². The molecule has 1 N–H and O–H groups in total. The Kier molecular flexibility index (Phi) is 4.74. The highest BCUT2D eigenvalue weighted by molar-refractivity contribution is 6.07. The van der Waals surface area contributed by atoms with E-state index in [1.54, 1.807) is 0 Å². The molecule has 1 aliphatic heterocycles. The quantitative estimate of drug-likeness (QED) is 0.937. The van der Waals surface area contributed by atoms with Crippen LogP contribution in [0.1, 0.15) is 36.5 Å². The van der Waals surface area contributed by atoms with Crippen LogP contribution < -0.4 is 5.32 Å². The third kappa shape index (κ3) is 3.00. The molecule has 1 fully saturated rings. The second-order valence-corrected chi connectivity index (χ2v) is 6.01. The number of amides is 1. The van der Waals surface area contributed by atoms with Gasteiger partial charge in [0.2, 0.25) is 0 Å². The van der Waals surface area contributed by atoms with E-state index in [2.05, 4.69) is 35.3 Å². The lowest BCUT2D eigenvalue weighted by atomic mass is 10.00. The third-order valence-corrected chi connectivity index (χ3v) is 4.49. The van der Waals surface area contributed by atoms with E-state index in [4.69, 9.17) is 0 Å². The number of carbonyl (C=O) groups excluding carboxylic acids is 1. The molecule has 0 saturated carbocycles. The Hall–Kier alpha value is -1.87. The fourth-order valence-corrected chi connectivity index (χ4v) is 3.38. The molecule has 3 nitrogen and oxygen atoms in total. The number of nitrogens with zero attached hydrogens (tertiary/aromatic N) is 1. The first-order valence-corrected chi connectivity index (χ1v) is 8.30. The van der Waals surface area contributed by atoms with Crippen molar-refractivity contribution in [3.63, 3.8) is 0 Å². The summed E-state index contributed by atoms with van der Waals surface area (Å²) in [7, 11) is 0. The summed E-state index contributed by atoms with van der Waals surface area (Å²) in [5.74, 6) is 0.186. The predicted octanol–water partition coefficient (Wildman–Crippen LogP) is 3.44. The van der Waals surface area contributed by atoms with Crippen LogP contribution in [0.2, 0.25) is 0 Å². The average molecular weight is 296 g/mol. The summed E-state index contributed by atoms with van der Waals surface area (Å²) < 4.78 is 0. The highest BCUT2D eigenvalue weighted by Gasteiger charge is 2.26. The molecule has 22 heavy (non-hydrogen) atoms. The Bertz CT molecular complexity index is 641. The minimum absolute atomic E-state index is 0.186. The molecule has 1 saturated heterocycles. The smallest absolute Gasteiger partial charge is 0.254 e. The maximum atomic E-state index is 13.2. The van der Waals surface area contributed by atoms with Crippen LogP contribution in [0.15, 0.2) is 42.5 Å². The summed E-state index contributed by atoms with van der Waals surface area (Å²) in [4.78, 5) is 15.3. The number of fused-ring (bicyclic) bond motifs is 1. The number of rotatable bonds is 4. The standard InChI is InChI=1S/C19H24N2O/c1-2-14-21(16-10-12-20-13-11-16)19(22)18-9-5-7-15-6-3-4-8-17(15)18/h3-9,16,20H,2,10-14H2,1H3. The average Bonchev–Trinajstić information content (AvgIpc) is 2.59. The fourth-order valence-electron chi connectivity index (χ4n) is 3.38. The lowest BCUT2D eigenvalue weighted by molar-refractivity contribution is 0.0644. The van der Waals surface area contributed by atoms with E-state index in [-0.39, 0.29) is 5.91 Å². The monoisotopic (exact) mass is 296 g/mol. The lowest BCUT2D eigenvalue weighted by Crippen LogP contribution is -2.46. The Balaban J connectivity index is 1.94. The first-order valence-electron chi connectivity index (χ1n) is 8.30. The zero-order valence-electron chi connectivity index (χ0n) is 13.2. The number of nitrogens with one attached hydrogen (secondary N) is 1. The summed E-state index contributed by atoms with van der Waals surface area (Å²) in [5.41, 5.74) is 0.838. The lowest BCUT2D eigenvalue weighted by Gasteiger charge is -2.35. The maximum Gasteiger partial charge on any atom is 0.254 e. The summed E-state index contributed by atoms with van der Waals surface area (Å²) >= 11 is 0. The minimum atomic E-state index is 0.186. The topological polar surface area (TPSA) is 32.3 Å². The molecule has 0 unspecified atom stereocenters. The van der Waals surface area contributed by atoms with Crippen LogP contribution in [0.25, 0.3) is 10.8 Å². The molecule has 116 valence electrons. The van der Waals surface area contributed by atoms with Gasteiger partial charge in [-0.3, -0.25) is 4.79 Å². The van der Waals surface area contributed by atoms with Gasteiger partial charge >= 0.3 is 0 Å². The van der Waals surface area contributed by atoms with Crippen LogP contribution in [-0.2, 0) is 0 Å². The fraction of sp³-hybridized carbons (Fsp3) is 0.421. The van der Waals surface area contributed by atoms with Crippen molar-refractivity contribution in [3.8, 4) is 0 Å². The van der Waals surface area contributed by atoms with Crippen molar-refractivity contribution in [3.05, 3.63) is 48.0 Å². The summed E-state index contributed by atoms with van der Waals surface area (Å²) in [6.45, 7) is 5.00. The van der Waals surface area contributed by atoms with Crippen molar-refractivity contribution in [2.45, 2.75) is 32.2 Å². The SMILES string of the molecule is CCCN(C(=O)c1cccc2ccccc12)C1CCNCC1. The largest absolute Gasteiger partial charge is 0.336 e. The van der Waals surface area contributed by atoms with Crippen LogP contribution in [-0.4, -0.2) is 36.5 Å². The highest BCUT2D eigenvalue weighted by atomic mass is 16.2. The molecule has 0 aliphatic carbocycles. The van der Waals surface area contributed by atoms with Gasteiger partial charge in [0.15, 0.2) is 0 Å². The van der Waals surface area contributed by atoms with Crippen LogP contribution in [0, 0.1) is 0 Å². The normalized spacial score (nSPS) is 15.9. The zero-order valence-corrected chi connectivity index (χ0v) is 13.2. The number of benzene rings is 2. The van der Waals surface area contributed by atoms with Crippen molar-refractivity contribution < 1.29 is 4.79 Å². The van der Waals surface area contributed by atoms with E-state index >= 15 is 0 Å².